The molecule has 94 valence electrons. The predicted molar refractivity (Wildman–Crippen MR) is 82.8 cm³/mol. The number of aromatic nitrogens is 4. The number of hydrogen-bond donors (Lipinski definition) is 1. The van der Waals surface area contributed by atoms with Crippen molar-refractivity contribution in [3.8, 4) is 0 Å². The van der Waals surface area contributed by atoms with Crippen LogP contribution in [0.25, 0.3) is 20.1 Å². The third-order valence-corrected chi connectivity index (χ3v) is 4.81. The van der Waals surface area contributed by atoms with Gasteiger partial charge in [-0.05, 0) is 37.4 Å². The normalized spacial score (nSPS) is 12.5. The van der Waals surface area contributed by atoms with Crippen molar-refractivity contribution in [2.24, 2.45) is 0 Å². The number of fused-ring (bicyclic) bond motifs is 1. The minimum Gasteiger partial charge on any atom is -0.341 e. The Bertz CT molecular complexity index is 749. The molecule has 0 aliphatic rings. The van der Waals surface area contributed by atoms with Crippen molar-refractivity contribution in [1.82, 2.24) is 19.9 Å². The van der Waals surface area contributed by atoms with Gasteiger partial charge in [-0.3, -0.25) is 0 Å². The molecule has 0 saturated heterocycles. The Morgan fingerprint density at radius 3 is 2.53 bits per heavy atom. The molecule has 0 radical (unpaired) electrons. The Labute approximate surface area is 126 Å². The van der Waals surface area contributed by atoms with E-state index in [4.69, 9.17) is 0 Å². The molecule has 1 aromatic carbocycles. The topological polar surface area (TPSA) is 54.5 Å². The van der Waals surface area contributed by atoms with Crippen LogP contribution in [0.1, 0.15) is 11.3 Å². The summed E-state index contributed by atoms with van der Waals surface area (Å²) in [7, 11) is 0. The van der Waals surface area contributed by atoms with Gasteiger partial charge in [-0.1, -0.05) is 30.3 Å². The van der Waals surface area contributed by atoms with Crippen molar-refractivity contribution in [2.45, 2.75) is 0 Å². The smallest absolute Gasteiger partial charge is 0.181 e. The first-order chi connectivity index (χ1) is 9.27. The van der Waals surface area contributed by atoms with Crippen molar-refractivity contribution in [1.29, 1.82) is 0 Å². The Balaban J connectivity index is 2.18. The van der Waals surface area contributed by atoms with E-state index < -0.39 is 0 Å². The number of imidazole rings is 1. The van der Waals surface area contributed by atoms with Crippen molar-refractivity contribution >= 4 is 52.0 Å². The Hall–Kier alpha value is -1.53. The zero-order valence-electron chi connectivity index (χ0n) is 9.64. The molecule has 4 nitrogen and oxygen atoms in total. The maximum absolute atomic E-state index is 4.31. The van der Waals surface area contributed by atoms with Gasteiger partial charge in [0.05, 0.1) is 10.8 Å². The first kappa shape index (κ1) is 12.5. The molecule has 3 aromatic rings. The number of nitrogens with one attached hydrogen (secondary N) is 1. The summed E-state index contributed by atoms with van der Waals surface area (Å²) in [5.41, 5.74) is 3.30. The van der Waals surface area contributed by atoms with E-state index in [1.165, 1.54) is 6.33 Å². The lowest BCUT2D eigenvalue weighted by atomic mass is 10.2. The molecule has 0 aliphatic heterocycles. The van der Waals surface area contributed by atoms with Crippen molar-refractivity contribution in [3.63, 3.8) is 0 Å². The Kier molecular flexibility index (Phi) is 3.44. The molecule has 0 saturated carbocycles. The summed E-state index contributed by atoms with van der Waals surface area (Å²) in [4.78, 5) is 15.6. The molecular formula is C13H8Br2N4. The van der Waals surface area contributed by atoms with Crippen LogP contribution >= 0.6 is 31.9 Å². The summed E-state index contributed by atoms with van der Waals surface area (Å²) in [5.74, 6) is 0. The number of nitrogens with zero attached hydrogens (tertiary/aromatic N) is 3. The fourth-order valence-corrected chi connectivity index (χ4v) is 2.73. The van der Waals surface area contributed by atoms with E-state index in [0.717, 1.165) is 25.7 Å². The van der Waals surface area contributed by atoms with Gasteiger partial charge < -0.3 is 4.98 Å². The second-order valence-corrected chi connectivity index (χ2v) is 5.40. The fourth-order valence-electron chi connectivity index (χ4n) is 1.75. The monoisotopic (exact) mass is 378 g/mol. The minimum absolute atomic E-state index is 0.648. The number of benzene rings is 1. The van der Waals surface area contributed by atoms with Gasteiger partial charge in [0.15, 0.2) is 5.65 Å². The van der Waals surface area contributed by atoms with E-state index in [9.17, 15) is 0 Å². The molecule has 2 aromatic heterocycles. The summed E-state index contributed by atoms with van der Waals surface area (Å²) in [5, 5.41) is 0. The van der Waals surface area contributed by atoms with Crippen LogP contribution in [-0.2, 0) is 0 Å². The van der Waals surface area contributed by atoms with Gasteiger partial charge in [-0.15, -0.1) is 0 Å². The minimum atomic E-state index is 0.648. The molecule has 0 fully saturated rings. The van der Waals surface area contributed by atoms with Gasteiger partial charge in [-0.2, -0.15) is 0 Å². The zero-order chi connectivity index (χ0) is 13.2. The molecular weight excluding hydrogens is 372 g/mol. The SMILES string of the molecule is Br/C(=C(/Br)c1ncnc2nc[nH]c12)c1ccccc1. The summed E-state index contributed by atoms with van der Waals surface area (Å²) in [6.45, 7) is 0. The summed E-state index contributed by atoms with van der Waals surface area (Å²) in [6.07, 6.45) is 3.12. The molecule has 2 heterocycles. The van der Waals surface area contributed by atoms with Gasteiger partial charge in [0.2, 0.25) is 0 Å². The highest BCUT2D eigenvalue weighted by Gasteiger charge is 2.12. The summed E-state index contributed by atoms with van der Waals surface area (Å²) in [6, 6.07) is 10.0. The molecule has 6 heteroatoms. The van der Waals surface area contributed by atoms with E-state index in [2.05, 4.69) is 51.8 Å². The lowest BCUT2D eigenvalue weighted by molar-refractivity contribution is 1.18. The van der Waals surface area contributed by atoms with Crippen LogP contribution in [0, 0.1) is 0 Å². The number of H-pyrrole nitrogens is 1. The molecule has 0 spiro atoms. The van der Waals surface area contributed by atoms with Crippen LogP contribution in [-0.4, -0.2) is 19.9 Å². The molecule has 0 atom stereocenters. The molecule has 0 unspecified atom stereocenters. The number of hydrogen-bond acceptors (Lipinski definition) is 3. The maximum Gasteiger partial charge on any atom is 0.181 e. The third-order valence-electron chi connectivity index (χ3n) is 2.65. The van der Waals surface area contributed by atoms with E-state index in [1.54, 1.807) is 6.33 Å². The molecule has 0 bridgehead atoms. The largest absolute Gasteiger partial charge is 0.341 e. The highest BCUT2D eigenvalue weighted by molar-refractivity contribution is 9.18. The first-order valence-corrected chi connectivity index (χ1v) is 7.11. The number of rotatable bonds is 2. The van der Waals surface area contributed by atoms with Crippen LogP contribution in [0.3, 0.4) is 0 Å². The first-order valence-electron chi connectivity index (χ1n) is 5.52. The van der Waals surface area contributed by atoms with Gasteiger partial charge in [0, 0.05) is 4.48 Å². The molecule has 0 amide bonds. The molecule has 19 heavy (non-hydrogen) atoms. The highest BCUT2D eigenvalue weighted by atomic mass is 79.9. The second-order valence-electron chi connectivity index (χ2n) is 3.82. The van der Waals surface area contributed by atoms with Crippen LogP contribution in [0.5, 0.6) is 0 Å². The van der Waals surface area contributed by atoms with Gasteiger partial charge in [0.1, 0.15) is 17.5 Å². The molecule has 1 N–H and O–H groups in total. The van der Waals surface area contributed by atoms with Crippen LogP contribution in [0.15, 0.2) is 43.0 Å². The average molecular weight is 380 g/mol. The Morgan fingerprint density at radius 1 is 0.947 bits per heavy atom. The van der Waals surface area contributed by atoms with Crippen LogP contribution in [0.2, 0.25) is 0 Å². The van der Waals surface area contributed by atoms with Crippen molar-refractivity contribution < 1.29 is 0 Å². The second kappa shape index (κ2) is 5.22. The van der Waals surface area contributed by atoms with Gasteiger partial charge >= 0.3 is 0 Å². The molecule has 0 aliphatic carbocycles. The fraction of sp³-hybridized carbons (Fsp3) is 0. The van der Waals surface area contributed by atoms with E-state index in [-0.39, 0.29) is 0 Å². The van der Waals surface area contributed by atoms with Crippen LogP contribution < -0.4 is 0 Å². The van der Waals surface area contributed by atoms with E-state index >= 15 is 0 Å². The van der Waals surface area contributed by atoms with Crippen molar-refractivity contribution in [2.75, 3.05) is 0 Å². The van der Waals surface area contributed by atoms with Crippen LogP contribution in [0.4, 0.5) is 0 Å². The molecule has 3 rings (SSSR count). The third kappa shape index (κ3) is 2.33. The van der Waals surface area contributed by atoms with E-state index in [0.29, 0.717) is 5.65 Å². The van der Waals surface area contributed by atoms with E-state index in [1.807, 2.05) is 30.3 Å². The summed E-state index contributed by atoms with van der Waals surface area (Å²) < 4.78 is 1.79. The zero-order valence-corrected chi connectivity index (χ0v) is 12.8. The maximum atomic E-state index is 4.31. The quantitative estimate of drug-likeness (QED) is 0.732. The highest BCUT2D eigenvalue weighted by Crippen LogP contribution is 2.36. The standard InChI is InChI=1S/C13H8Br2N4/c14-9(8-4-2-1-3-5-8)10(15)11-12-13(18-6-16-11)19-7-17-12/h1-7H,(H,16,17,18,19)/b10-9+. The Morgan fingerprint density at radius 2 is 1.74 bits per heavy atom. The lowest BCUT2D eigenvalue weighted by Crippen LogP contribution is -1.90. The number of halogens is 2. The van der Waals surface area contributed by atoms with Crippen molar-refractivity contribution in [3.05, 3.63) is 54.2 Å². The number of aromatic amines is 1. The predicted octanol–water partition coefficient (Wildman–Crippen LogP) is 3.97. The average Bonchev–Trinajstić information content (AvgIpc) is 2.95. The summed E-state index contributed by atoms with van der Waals surface area (Å²) >= 11 is 7.19. The van der Waals surface area contributed by atoms with Gasteiger partial charge in [0.25, 0.3) is 0 Å². The van der Waals surface area contributed by atoms with Gasteiger partial charge in [-0.25, -0.2) is 15.0 Å². The lowest BCUT2D eigenvalue weighted by Gasteiger charge is -2.05.